The van der Waals surface area contributed by atoms with Crippen molar-refractivity contribution in [2.45, 2.75) is 39.3 Å². The van der Waals surface area contributed by atoms with Crippen LogP contribution in [0.15, 0.2) is 30.3 Å². The molecule has 1 fully saturated rings. The van der Waals surface area contributed by atoms with E-state index in [9.17, 15) is 14.4 Å². The van der Waals surface area contributed by atoms with Crippen LogP contribution in [-0.2, 0) is 25.6 Å². The normalized spacial score (nSPS) is 16.7. The lowest BCUT2D eigenvalue weighted by Gasteiger charge is -2.25. The van der Waals surface area contributed by atoms with Gasteiger partial charge in [-0.2, -0.15) is 0 Å². The van der Waals surface area contributed by atoms with E-state index in [-0.39, 0.29) is 30.9 Å². The fraction of sp³-hybridized carbons (Fsp3) is 0.526. The number of ether oxygens (including phenoxy) is 2. The Labute approximate surface area is 153 Å². The molecule has 2 amide bonds. The molecule has 0 unspecified atom stereocenters. The monoisotopic (exact) mass is 362 g/mol. The molecule has 1 aromatic carbocycles. The molecule has 0 spiro atoms. The van der Waals surface area contributed by atoms with Crippen molar-refractivity contribution in [2.75, 3.05) is 19.7 Å². The van der Waals surface area contributed by atoms with Crippen molar-refractivity contribution < 1.29 is 23.9 Å². The van der Waals surface area contributed by atoms with E-state index in [1.807, 2.05) is 30.3 Å². The van der Waals surface area contributed by atoms with E-state index in [2.05, 4.69) is 5.32 Å². The van der Waals surface area contributed by atoms with Crippen molar-refractivity contribution in [1.82, 2.24) is 10.2 Å². The molecular formula is C19H26N2O5. The number of hydrogen-bond acceptors (Lipinski definition) is 5. The van der Waals surface area contributed by atoms with Crippen LogP contribution in [0.25, 0.3) is 0 Å². The van der Waals surface area contributed by atoms with Crippen LogP contribution in [-0.4, -0.2) is 48.2 Å². The fourth-order valence-electron chi connectivity index (χ4n) is 2.60. The highest BCUT2D eigenvalue weighted by atomic mass is 16.6. The lowest BCUT2D eigenvalue weighted by molar-refractivity contribution is -0.142. The molecule has 1 aliphatic heterocycles. The summed E-state index contributed by atoms with van der Waals surface area (Å²) in [7, 11) is 0. The second-order valence-electron chi connectivity index (χ2n) is 7.27. The lowest BCUT2D eigenvalue weighted by atomic mass is 10.1. The SMILES string of the molecule is CC(C)(C)OC(=O)NCC(=O)N(Cc1ccccc1)C[C@H]1CCOC1=O. The summed E-state index contributed by atoms with van der Waals surface area (Å²) in [4.78, 5) is 37.7. The zero-order valence-electron chi connectivity index (χ0n) is 15.5. The van der Waals surface area contributed by atoms with Gasteiger partial charge >= 0.3 is 12.1 Å². The Morgan fingerprint density at radius 2 is 1.96 bits per heavy atom. The van der Waals surface area contributed by atoms with Gasteiger partial charge in [-0.25, -0.2) is 4.79 Å². The number of rotatable bonds is 6. The van der Waals surface area contributed by atoms with Gasteiger partial charge in [0.1, 0.15) is 12.1 Å². The van der Waals surface area contributed by atoms with Gasteiger partial charge in [0, 0.05) is 13.1 Å². The van der Waals surface area contributed by atoms with Crippen LogP contribution < -0.4 is 5.32 Å². The topological polar surface area (TPSA) is 84.9 Å². The molecule has 0 bridgehead atoms. The molecule has 0 radical (unpaired) electrons. The molecule has 1 N–H and O–H groups in total. The minimum absolute atomic E-state index is 0.191. The number of alkyl carbamates (subject to hydrolysis) is 1. The second-order valence-corrected chi connectivity index (χ2v) is 7.27. The van der Waals surface area contributed by atoms with Crippen LogP contribution >= 0.6 is 0 Å². The first-order chi connectivity index (χ1) is 12.2. The van der Waals surface area contributed by atoms with Gasteiger partial charge in [0.2, 0.25) is 5.91 Å². The van der Waals surface area contributed by atoms with E-state index in [0.717, 1.165) is 5.56 Å². The second kappa shape index (κ2) is 8.69. The van der Waals surface area contributed by atoms with E-state index in [4.69, 9.17) is 9.47 Å². The van der Waals surface area contributed by atoms with Crippen molar-refractivity contribution in [3.05, 3.63) is 35.9 Å². The van der Waals surface area contributed by atoms with Gasteiger partial charge < -0.3 is 19.7 Å². The van der Waals surface area contributed by atoms with Gasteiger partial charge in [-0.15, -0.1) is 0 Å². The van der Waals surface area contributed by atoms with Gasteiger partial charge in [0.15, 0.2) is 0 Å². The minimum atomic E-state index is -0.647. The molecule has 7 heteroatoms. The standard InChI is InChI=1S/C19H26N2O5/c1-19(2,3)26-18(24)20-11-16(22)21(12-14-7-5-4-6-8-14)13-15-9-10-25-17(15)23/h4-8,15H,9-13H2,1-3H3,(H,20,24)/t15-/m1/s1. The average molecular weight is 362 g/mol. The van der Waals surface area contributed by atoms with E-state index >= 15 is 0 Å². The Bertz CT molecular complexity index is 639. The lowest BCUT2D eigenvalue weighted by Crippen LogP contribution is -2.43. The third-order valence-corrected chi connectivity index (χ3v) is 3.84. The molecule has 0 saturated carbocycles. The largest absolute Gasteiger partial charge is 0.465 e. The molecule has 7 nitrogen and oxygen atoms in total. The van der Waals surface area contributed by atoms with E-state index in [0.29, 0.717) is 19.6 Å². The summed E-state index contributed by atoms with van der Waals surface area (Å²) in [6, 6.07) is 9.50. The molecule has 1 atom stereocenters. The third-order valence-electron chi connectivity index (χ3n) is 3.84. The van der Waals surface area contributed by atoms with Crippen LogP contribution in [0.2, 0.25) is 0 Å². The molecule has 2 rings (SSSR count). The van der Waals surface area contributed by atoms with Crippen molar-refractivity contribution in [1.29, 1.82) is 0 Å². The molecule has 0 aliphatic carbocycles. The van der Waals surface area contributed by atoms with Crippen LogP contribution in [0.4, 0.5) is 4.79 Å². The number of carbonyl (C=O) groups is 3. The number of cyclic esters (lactones) is 1. The van der Waals surface area contributed by atoms with Crippen LogP contribution in [0, 0.1) is 5.92 Å². The first kappa shape index (κ1) is 19.8. The molecule has 1 aliphatic rings. The number of nitrogens with zero attached hydrogens (tertiary/aromatic N) is 1. The summed E-state index contributed by atoms with van der Waals surface area (Å²) >= 11 is 0. The molecule has 1 saturated heterocycles. The summed E-state index contributed by atoms with van der Waals surface area (Å²) in [5.41, 5.74) is 0.314. The molecule has 1 aromatic rings. The van der Waals surface area contributed by atoms with Crippen molar-refractivity contribution in [3.63, 3.8) is 0 Å². The van der Waals surface area contributed by atoms with Crippen LogP contribution in [0.3, 0.4) is 0 Å². The Balaban J connectivity index is 1.98. The van der Waals surface area contributed by atoms with Gasteiger partial charge in [0.25, 0.3) is 0 Å². The molecule has 0 aromatic heterocycles. The Morgan fingerprint density at radius 3 is 2.54 bits per heavy atom. The van der Waals surface area contributed by atoms with E-state index in [1.165, 1.54) is 0 Å². The Morgan fingerprint density at radius 1 is 1.27 bits per heavy atom. The summed E-state index contributed by atoms with van der Waals surface area (Å²) in [5, 5.41) is 2.47. The first-order valence-corrected chi connectivity index (χ1v) is 8.70. The number of esters is 1. The Kier molecular flexibility index (Phi) is 6.60. The summed E-state index contributed by atoms with van der Waals surface area (Å²) < 4.78 is 10.1. The zero-order valence-corrected chi connectivity index (χ0v) is 15.5. The van der Waals surface area contributed by atoms with Crippen molar-refractivity contribution in [3.8, 4) is 0 Å². The van der Waals surface area contributed by atoms with Crippen molar-refractivity contribution >= 4 is 18.0 Å². The number of carbonyl (C=O) groups excluding carboxylic acids is 3. The highest BCUT2D eigenvalue weighted by Gasteiger charge is 2.30. The predicted molar refractivity (Wildman–Crippen MR) is 95.2 cm³/mol. The highest BCUT2D eigenvalue weighted by Crippen LogP contribution is 2.17. The van der Waals surface area contributed by atoms with Crippen molar-refractivity contribution in [2.24, 2.45) is 5.92 Å². The van der Waals surface area contributed by atoms with Gasteiger partial charge in [-0.3, -0.25) is 9.59 Å². The number of nitrogens with one attached hydrogen (secondary N) is 1. The van der Waals surface area contributed by atoms with Crippen LogP contribution in [0.1, 0.15) is 32.8 Å². The van der Waals surface area contributed by atoms with Crippen LogP contribution in [0.5, 0.6) is 0 Å². The number of benzene rings is 1. The summed E-state index contributed by atoms with van der Waals surface area (Å²) in [6.45, 7) is 6.07. The maximum atomic E-state index is 12.6. The quantitative estimate of drug-likeness (QED) is 0.784. The van der Waals surface area contributed by atoms with Gasteiger partial charge in [-0.05, 0) is 32.8 Å². The van der Waals surface area contributed by atoms with Gasteiger partial charge in [0.05, 0.1) is 12.5 Å². The van der Waals surface area contributed by atoms with E-state index in [1.54, 1.807) is 25.7 Å². The highest BCUT2D eigenvalue weighted by molar-refractivity contribution is 5.83. The Hall–Kier alpha value is -2.57. The van der Waals surface area contributed by atoms with E-state index < -0.39 is 11.7 Å². The fourth-order valence-corrected chi connectivity index (χ4v) is 2.60. The number of hydrogen-bond donors (Lipinski definition) is 1. The predicted octanol–water partition coefficient (Wildman–Crippen LogP) is 2.10. The summed E-state index contributed by atoms with van der Waals surface area (Å²) in [5.74, 6) is -0.889. The minimum Gasteiger partial charge on any atom is -0.465 e. The summed E-state index contributed by atoms with van der Waals surface area (Å²) in [6.07, 6.45) is -0.0533. The maximum absolute atomic E-state index is 12.6. The molecule has 26 heavy (non-hydrogen) atoms. The average Bonchev–Trinajstić information content (AvgIpc) is 2.96. The molecule has 142 valence electrons. The smallest absolute Gasteiger partial charge is 0.408 e. The zero-order chi connectivity index (χ0) is 19.2. The third kappa shape index (κ3) is 6.38. The maximum Gasteiger partial charge on any atom is 0.408 e. The molecule has 1 heterocycles. The first-order valence-electron chi connectivity index (χ1n) is 8.70. The van der Waals surface area contributed by atoms with Gasteiger partial charge in [-0.1, -0.05) is 30.3 Å². The number of amides is 2. The molecular weight excluding hydrogens is 336 g/mol.